The van der Waals surface area contributed by atoms with E-state index in [0.717, 1.165) is 32.1 Å². The third-order valence-electron chi connectivity index (χ3n) is 5.57. The quantitative estimate of drug-likeness (QED) is 0.820. The van der Waals surface area contributed by atoms with Gasteiger partial charge in [0.2, 0.25) is 5.91 Å². The number of amides is 1. The van der Waals surface area contributed by atoms with Crippen LogP contribution in [0, 0.1) is 23.2 Å². The van der Waals surface area contributed by atoms with E-state index < -0.39 is 48.9 Å². The second-order valence-corrected chi connectivity index (χ2v) is 7.37. The molecule has 22 heavy (non-hydrogen) atoms. The highest BCUT2D eigenvalue weighted by atomic mass is 16.3. The number of nitriles is 1. The Morgan fingerprint density at radius 2 is 2.18 bits per heavy atom. The lowest BCUT2D eigenvalue weighted by Crippen LogP contribution is -2.65. The lowest BCUT2D eigenvalue weighted by atomic mass is 9.51. The highest BCUT2D eigenvalue weighted by molar-refractivity contribution is 5.79. The third-order valence-corrected chi connectivity index (χ3v) is 5.57. The van der Waals surface area contributed by atoms with Crippen molar-refractivity contribution in [3.63, 3.8) is 0 Å². The Hall–Kier alpha value is -1.12. The Morgan fingerprint density at radius 3 is 2.82 bits per heavy atom. The molecule has 5 nitrogen and oxygen atoms in total. The van der Waals surface area contributed by atoms with E-state index in [2.05, 4.69) is 5.32 Å². The van der Waals surface area contributed by atoms with E-state index in [4.69, 9.17) is 9.60 Å². The van der Waals surface area contributed by atoms with Crippen molar-refractivity contribution in [1.82, 2.24) is 10.2 Å². The van der Waals surface area contributed by atoms with E-state index in [1.165, 1.54) is 6.07 Å². The summed E-state index contributed by atoms with van der Waals surface area (Å²) in [6.45, 7) is -3.63. The summed E-state index contributed by atoms with van der Waals surface area (Å²) in [4.78, 5) is 13.1. The molecule has 1 heterocycles. The van der Waals surface area contributed by atoms with Crippen molar-refractivity contribution in [2.24, 2.45) is 11.8 Å². The van der Waals surface area contributed by atoms with Gasteiger partial charge < -0.3 is 15.3 Å². The Balaban J connectivity index is 1.58. The zero-order valence-electron chi connectivity index (χ0n) is 19.4. The highest BCUT2D eigenvalue weighted by Crippen LogP contribution is 2.57. The molecule has 0 aromatic rings. The minimum absolute atomic E-state index is 0.113. The van der Waals surface area contributed by atoms with Crippen LogP contribution < -0.4 is 5.32 Å². The first kappa shape index (κ1) is 8.65. The molecule has 2 unspecified atom stereocenters. The van der Waals surface area contributed by atoms with Gasteiger partial charge in [0.15, 0.2) is 0 Å². The van der Waals surface area contributed by atoms with Gasteiger partial charge in [0, 0.05) is 20.3 Å². The Bertz CT molecular complexity index is 784. The maximum atomic E-state index is 12.9. The summed E-state index contributed by atoms with van der Waals surface area (Å²) in [5.74, 6) is -0.348. The zero-order valence-corrected chi connectivity index (χ0v) is 12.4. The molecule has 0 aromatic heterocycles. The molecular formula is C17H25N3O2. The van der Waals surface area contributed by atoms with Crippen LogP contribution in [0.4, 0.5) is 0 Å². The van der Waals surface area contributed by atoms with Gasteiger partial charge in [0.25, 0.3) is 0 Å². The van der Waals surface area contributed by atoms with Crippen molar-refractivity contribution >= 4 is 5.91 Å². The van der Waals surface area contributed by atoms with Crippen molar-refractivity contribution in [2.45, 2.75) is 68.4 Å². The maximum Gasteiger partial charge on any atom is 0.237 e. The van der Waals surface area contributed by atoms with Gasteiger partial charge >= 0.3 is 0 Å². The predicted molar refractivity (Wildman–Crippen MR) is 80.7 cm³/mol. The maximum absolute atomic E-state index is 12.9. The summed E-state index contributed by atoms with van der Waals surface area (Å²) in [6, 6.07) is -1.72. The fourth-order valence-electron chi connectivity index (χ4n) is 5.28. The third kappa shape index (κ3) is 2.33. The van der Waals surface area contributed by atoms with E-state index in [1.807, 2.05) is 0 Å². The van der Waals surface area contributed by atoms with Gasteiger partial charge in [-0.3, -0.25) is 4.79 Å². The molecule has 2 N–H and O–H groups in total. The van der Waals surface area contributed by atoms with Crippen LogP contribution >= 0.6 is 0 Å². The summed E-state index contributed by atoms with van der Waals surface area (Å²) in [5, 5.41) is 23.4. The lowest BCUT2D eigenvalue weighted by Gasteiger charge is -2.60. The molecule has 120 valence electrons. The predicted octanol–water partition coefficient (Wildman–Crippen LogP) is 1.17. The standard InChI is InChI=1S/C17H25N3O2/c18-9-14-2-1-3-20(14)15(21)10-19-16-5-12-4-13(6-16)8-17(22,7-12)11-16/h12-14,19,22H,1-8,10-11H2/t12?,13?,14-,16?,17?/m0/s1/i1D2,2D2,3D2,14D. The van der Waals surface area contributed by atoms with E-state index >= 15 is 0 Å². The number of aliphatic hydroxyl groups is 1. The summed E-state index contributed by atoms with van der Waals surface area (Å²) in [5.41, 5.74) is -1.26. The molecule has 1 saturated heterocycles. The number of hydrogen-bond acceptors (Lipinski definition) is 4. The van der Waals surface area contributed by atoms with Crippen LogP contribution in [0.3, 0.4) is 0 Å². The second kappa shape index (κ2) is 4.94. The monoisotopic (exact) mass is 310 g/mol. The molecule has 5 heteroatoms. The topological polar surface area (TPSA) is 76.4 Å². The van der Waals surface area contributed by atoms with E-state index in [1.54, 1.807) is 0 Å². The summed E-state index contributed by atoms with van der Waals surface area (Å²) in [7, 11) is 0. The second-order valence-electron chi connectivity index (χ2n) is 7.37. The first-order valence-electron chi connectivity index (χ1n) is 11.4. The number of nitrogens with zero attached hydrogens (tertiary/aromatic N) is 2. The van der Waals surface area contributed by atoms with Crippen LogP contribution in [0.1, 0.15) is 60.9 Å². The Labute approximate surface area is 141 Å². The average molecular weight is 310 g/mol. The molecule has 3 atom stereocenters. The number of rotatable bonds is 3. The molecular weight excluding hydrogens is 278 g/mol. The molecule has 5 rings (SSSR count). The Morgan fingerprint density at radius 1 is 1.45 bits per heavy atom. The molecule has 5 aliphatic rings. The van der Waals surface area contributed by atoms with E-state index in [0.29, 0.717) is 18.3 Å². The first-order chi connectivity index (χ1) is 13.1. The van der Waals surface area contributed by atoms with E-state index in [-0.39, 0.29) is 4.90 Å². The van der Waals surface area contributed by atoms with E-state index in [9.17, 15) is 15.2 Å². The molecule has 4 saturated carbocycles. The molecule has 4 bridgehead atoms. The normalized spacial score (nSPS) is 60.9. The largest absolute Gasteiger partial charge is 0.390 e. The molecule has 0 radical (unpaired) electrons. The molecule has 5 fully saturated rings. The van der Waals surface area contributed by atoms with Crippen molar-refractivity contribution in [1.29, 1.82) is 5.26 Å². The van der Waals surface area contributed by atoms with Crippen LogP contribution in [0.25, 0.3) is 0 Å². The fraction of sp³-hybridized carbons (Fsp3) is 0.882. The van der Waals surface area contributed by atoms with Gasteiger partial charge in [0.1, 0.15) is 6.02 Å². The number of nitrogens with one attached hydrogen (secondary N) is 1. The smallest absolute Gasteiger partial charge is 0.237 e. The van der Waals surface area contributed by atoms with Gasteiger partial charge in [-0.05, 0) is 63.1 Å². The lowest BCUT2D eigenvalue weighted by molar-refractivity contribution is -0.147. The molecule has 0 spiro atoms. The van der Waals surface area contributed by atoms with Gasteiger partial charge in [-0.1, -0.05) is 0 Å². The minimum Gasteiger partial charge on any atom is -0.390 e. The van der Waals surface area contributed by atoms with Gasteiger partial charge in [0.05, 0.1) is 19.6 Å². The summed E-state index contributed by atoms with van der Waals surface area (Å²) < 4.78 is 55.8. The number of carbonyl (C=O) groups excluding carboxylic acids is 1. The summed E-state index contributed by atoms with van der Waals surface area (Å²) in [6.07, 6.45) is -1.94. The summed E-state index contributed by atoms with van der Waals surface area (Å²) >= 11 is 0. The number of carbonyl (C=O) groups is 1. The Kier molecular flexibility index (Phi) is 1.94. The van der Waals surface area contributed by atoms with Crippen molar-refractivity contribution in [3.05, 3.63) is 0 Å². The van der Waals surface area contributed by atoms with Gasteiger partial charge in [-0.2, -0.15) is 5.26 Å². The van der Waals surface area contributed by atoms with Gasteiger partial charge in [-0.25, -0.2) is 0 Å². The van der Waals surface area contributed by atoms with Crippen molar-refractivity contribution in [2.75, 3.05) is 13.0 Å². The highest BCUT2D eigenvalue weighted by Gasteiger charge is 2.57. The van der Waals surface area contributed by atoms with Crippen LogP contribution in [0.2, 0.25) is 0 Å². The number of hydrogen-bond donors (Lipinski definition) is 2. The molecule has 1 aliphatic heterocycles. The zero-order chi connectivity index (χ0) is 21.7. The van der Waals surface area contributed by atoms with Crippen LogP contribution in [0.15, 0.2) is 0 Å². The van der Waals surface area contributed by atoms with Crippen LogP contribution in [-0.4, -0.2) is 46.1 Å². The van der Waals surface area contributed by atoms with Crippen molar-refractivity contribution < 1.29 is 19.5 Å². The first-order valence-corrected chi connectivity index (χ1v) is 7.85. The number of likely N-dealkylation sites (tertiary alicyclic amines) is 1. The van der Waals surface area contributed by atoms with Crippen LogP contribution in [-0.2, 0) is 4.79 Å². The average Bonchev–Trinajstić information content (AvgIpc) is 2.64. The fourth-order valence-corrected chi connectivity index (χ4v) is 5.28. The molecule has 4 aliphatic carbocycles. The SMILES string of the molecule is [2H]C1([2H])N(C(=O)CNC23CC4CC(CC(O)(C4)C2)C3)[C@]([2H])(C#N)C([2H])([2H])C1([2H])[2H]. The minimum atomic E-state index is -3.25. The molecule has 1 amide bonds. The van der Waals surface area contributed by atoms with Crippen LogP contribution in [0.5, 0.6) is 0 Å². The van der Waals surface area contributed by atoms with Crippen molar-refractivity contribution in [3.8, 4) is 6.07 Å². The van der Waals surface area contributed by atoms with Gasteiger partial charge in [-0.15, -0.1) is 0 Å². The molecule has 0 aromatic carbocycles.